The number of para-hydroxylation sites is 1. The molecule has 2 aliphatic rings. The summed E-state index contributed by atoms with van der Waals surface area (Å²) < 4.78 is 6.44. The van der Waals surface area contributed by atoms with Crippen LogP contribution in [0.15, 0.2) is 71.2 Å². The van der Waals surface area contributed by atoms with E-state index in [1.165, 1.54) is 12.1 Å². The maximum Gasteiger partial charge on any atom is 0.269 e. The Morgan fingerprint density at radius 2 is 1.89 bits per heavy atom. The summed E-state index contributed by atoms with van der Waals surface area (Å²) in [5.41, 5.74) is 1.11. The summed E-state index contributed by atoms with van der Waals surface area (Å²) in [5.74, 6) is -0.455. The number of benzene rings is 3. The fourth-order valence-electron chi connectivity index (χ4n) is 5.37. The molecule has 0 aromatic heterocycles. The first-order valence-electron chi connectivity index (χ1n) is 11.1. The van der Waals surface area contributed by atoms with Crippen molar-refractivity contribution in [3.05, 3.63) is 108 Å². The molecule has 5 rings (SSSR count). The summed E-state index contributed by atoms with van der Waals surface area (Å²) in [6.07, 6.45) is 0. The summed E-state index contributed by atoms with van der Waals surface area (Å²) in [4.78, 5) is 37.6. The van der Waals surface area contributed by atoms with Gasteiger partial charge in [0.25, 0.3) is 17.6 Å². The van der Waals surface area contributed by atoms with Gasteiger partial charge in [0.05, 0.1) is 15.3 Å². The van der Waals surface area contributed by atoms with Gasteiger partial charge in [-0.2, -0.15) is 0 Å². The molecule has 1 spiro atoms. The highest BCUT2D eigenvalue weighted by Gasteiger charge is 2.68. The van der Waals surface area contributed by atoms with Crippen LogP contribution >= 0.6 is 15.9 Å². The monoisotopic (exact) mass is 552 g/mol. The Morgan fingerprint density at radius 3 is 2.61 bits per heavy atom. The van der Waals surface area contributed by atoms with Crippen LogP contribution in [-0.4, -0.2) is 40.3 Å². The van der Waals surface area contributed by atoms with Crippen molar-refractivity contribution in [3.8, 4) is 5.75 Å². The Balaban J connectivity index is 1.44. The minimum atomic E-state index is -1.41. The lowest BCUT2D eigenvalue weighted by molar-refractivity contribution is -0.534. The van der Waals surface area contributed by atoms with E-state index in [9.17, 15) is 25.0 Å². The minimum absolute atomic E-state index is 0.0202. The van der Waals surface area contributed by atoms with E-state index in [0.29, 0.717) is 39.1 Å². The smallest absolute Gasteiger partial charge is 0.269 e. The standard InChI is InChI=1S/C25H21BrN4O6/c1-28-13-18(23(30(34)35)25(28)19-7-2-3-8-21(19)27-24(25)31)16-9-10-22(20(26)12-16)36-14-15-5-4-6-17(11-15)29(32)33/h2-12,18,23H,13-14H2,1H3,(H,27,31)/t18-,23+,25+/m1/s1. The second-order valence-corrected chi connectivity index (χ2v) is 9.74. The Hall–Kier alpha value is -3.83. The summed E-state index contributed by atoms with van der Waals surface area (Å²) >= 11 is 3.49. The number of carbonyl (C=O) groups is 1. The van der Waals surface area contributed by atoms with Crippen LogP contribution in [0.1, 0.15) is 22.6 Å². The topological polar surface area (TPSA) is 128 Å². The van der Waals surface area contributed by atoms with Gasteiger partial charge in [-0.3, -0.25) is 29.9 Å². The number of amides is 1. The normalized spacial score (nSPS) is 22.9. The lowest BCUT2D eigenvalue weighted by Gasteiger charge is -2.30. The lowest BCUT2D eigenvalue weighted by atomic mass is 9.79. The van der Waals surface area contributed by atoms with Crippen LogP contribution in [0.2, 0.25) is 0 Å². The van der Waals surface area contributed by atoms with E-state index < -0.39 is 28.3 Å². The molecule has 3 aromatic rings. The summed E-state index contributed by atoms with van der Waals surface area (Å²) in [5, 5.41) is 26.3. The SMILES string of the molecule is CN1C[C@H](c2ccc(OCc3cccc([N+](=O)[O-])c3)c(Br)c2)[C@H]([N+](=O)[O-])[C@@]12C(=O)Nc1ccccc12. The van der Waals surface area contributed by atoms with E-state index in [4.69, 9.17) is 4.74 Å². The highest BCUT2D eigenvalue weighted by molar-refractivity contribution is 9.10. The van der Waals surface area contributed by atoms with E-state index in [1.54, 1.807) is 66.5 Å². The van der Waals surface area contributed by atoms with Crippen molar-refractivity contribution in [2.24, 2.45) is 0 Å². The van der Waals surface area contributed by atoms with Crippen molar-refractivity contribution in [2.45, 2.75) is 24.1 Å². The number of nitro groups is 2. The number of hydrogen-bond acceptors (Lipinski definition) is 7. The minimum Gasteiger partial charge on any atom is -0.488 e. The third-order valence-corrected chi connectivity index (χ3v) is 7.56. The predicted octanol–water partition coefficient (Wildman–Crippen LogP) is 4.46. The molecular formula is C25H21BrN4O6. The lowest BCUT2D eigenvalue weighted by Crippen LogP contribution is -2.54. The molecule has 2 aliphatic heterocycles. The molecule has 10 nitrogen and oxygen atoms in total. The fraction of sp³-hybridized carbons (Fsp3) is 0.240. The number of likely N-dealkylation sites (tertiary alicyclic amines) is 1. The van der Waals surface area contributed by atoms with Crippen molar-refractivity contribution in [1.29, 1.82) is 0 Å². The quantitative estimate of drug-likeness (QED) is 0.353. The fourth-order valence-corrected chi connectivity index (χ4v) is 5.88. The number of nitrogens with zero attached hydrogens (tertiary/aromatic N) is 3. The van der Waals surface area contributed by atoms with Crippen LogP contribution in [0.3, 0.4) is 0 Å². The maximum absolute atomic E-state index is 13.2. The second-order valence-electron chi connectivity index (χ2n) is 8.89. The number of halogens is 1. The average Bonchev–Trinajstić information content (AvgIpc) is 3.33. The Labute approximate surface area is 214 Å². The van der Waals surface area contributed by atoms with Crippen LogP contribution in [0.25, 0.3) is 0 Å². The zero-order valence-corrected chi connectivity index (χ0v) is 20.7. The van der Waals surface area contributed by atoms with Gasteiger partial charge >= 0.3 is 0 Å². The van der Waals surface area contributed by atoms with Crippen LogP contribution in [-0.2, 0) is 16.9 Å². The van der Waals surface area contributed by atoms with Gasteiger partial charge in [0.15, 0.2) is 5.54 Å². The van der Waals surface area contributed by atoms with E-state index in [2.05, 4.69) is 21.2 Å². The van der Waals surface area contributed by atoms with Gasteiger partial charge in [0, 0.05) is 34.9 Å². The Bertz CT molecular complexity index is 1400. The molecule has 184 valence electrons. The Kier molecular flexibility index (Phi) is 5.97. The Morgan fingerprint density at radius 1 is 1.11 bits per heavy atom. The highest BCUT2D eigenvalue weighted by atomic mass is 79.9. The van der Waals surface area contributed by atoms with Crippen molar-refractivity contribution in [1.82, 2.24) is 4.90 Å². The average molecular weight is 553 g/mol. The van der Waals surface area contributed by atoms with Gasteiger partial charge in [-0.25, -0.2) is 0 Å². The molecule has 0 aliphatic carbocycles. The van der Waals surface area contributed by atoms with Crippen molar-refractivity contribution < 1.29 is 19.4 Å². The molecule has 36 heavy (non-hydrogen) atoms. The highest BCUT2D eigenvalue weighted by Crippen LogP contribution is 2.52. The zero-order chi connectivity index (χ0) is 25.6. The van der Waals surface area contributed by atoms with Crippen molar-refractivity contribution in [3.63, 3.8) is 0 Å². The number of carbonyl (C=O) groups excluding carboxylic acids is 1. The first-order chi connectivity index (χ1) is 17.2. The van der Waals surface area contributed by atoms with Crippen LogP contribution in [0.4, 0.5) is 11.4 Å². The predicted molar refractivity (Wildman–Crippen MR) is 134 cm³/mol. The van der Waals surface area contributed by atoms with E-state index in [-0.39, 0.29) is 17.2 Å². The number of fused-ring (bicyclic) bond motifs is 2. The number of nitrogens with one attached hydrogen (secondary N) is 1. The largest absolute Gasteiger partial charge is 0.488 e. The third-order valence-electron chi connectivity index (χ3n) is 6.94. The molecule has 1 saturated heterocycles. The molecule has 1 fully saturated rings. The van der Waals surface area contributed by atoms with Crippen molar-refractivity contribution >= 4 is 33.2 Å². The van der Waals surface area contributed by atoms with Crippen LogP contribution in [0, 0.1) is 20.2 Å². The number of non-ortho nitro benzene ring substituents is 1. The van der Waals surface area contributed by atoms with Crippen LogP contribution in [0.5, 0.6) is 5.75 Å². The summed E-state index contributed by atoms with van der Waals surface area (Å²) in [6, 6.07) is 17.3. The first-order valence-corrected chi connectivity index (χ1v) is 11.9. The third kappa shape index (κ3) is 3.71. The number of nitro benzene ring substituents is 1. The second kappa shape index (κ2) is 8.99. The number of hydrogen-bond donors (Lipinski definition) is 1. The van der Waals surface area contributed by atoms with Gasteiger partial charge in [-0.15, -0.1) is 0 Å². The molecule has 1 N–H and O–H groups in total. The van der Waals surface area contributed by atoms with Gasteiger partial charge < -0.3 is 10.1 Å². The molecule has 0 unspecified atom stereocenters. The molecule has 2 heterocycles. The first kappa shape index (κ1) is 23.9. The molecule has 0 saturated carbocycles. The van der Waals surface area contributed by atoms with E-state index in [1.807, 2.05) is 0 Å². The summed E-state index contributed by atoms with van der Waals surface area (Å²) in [7, 11) is 1.74. The number of rotatable bonds is 6. The number of likely N-dealkylation sites (N-methyl/N-ethyl adjacent to an activating group) is 1. The van der Waals surface area contributed by atoms with E-state index >= 15 is 0 Å². The maximum atomic E-state index is 13.2. The molecule has 0 radical (unpaired) electrons. The van der Waals surface area contributed by atoms with Crippen LogP contribution < -0.4 is 10.1 Å². The zero-order valence-electron chi connectivity index (χ0n) is 19.1. The molecule has 1 amide bonds. The number of anilines is 1. The molecule has 11 heteroatoms. The summed E-state index contributed by atoms with van der Waals surface area (Å²) in [6.45, 7) is 0.428. The van der Waals surface area contributed by atoms with Gasteiger partial charge in [0.2, 0.25) is 0 Å². The van der Waals surface area contributed by atoms with Gasteiger partial charge in [0.1, 0.15) is 12.4 Å². The molecule has 0 bridgehead atoms. The molecule has 3 atom stereocenters. The van der Waals surface area contributed by atoms with E-state index in [0.717, 1.165) is 0 Å². The molecular weight excluding hydrogens is 532 g/mol. The van der Waals surface area contributed by atoms with Gasteiger partial charge in [-0.05, 0) is 52.3 Å². The van der Waals surface area contributed by atoms with Crippen molar-refractivity contribution in [2.75, 3.05) is 18.9 Å². The molecule has 3 aromatic carbocycles. The van der Waals surface area contributed by atoms with Gasteiger partial charge in [-0.1, -0.05) is 36.4 Å². The number of ether oxygens (including phenoxy) is 1.